The molecule has 0 spiro atoms. The van der Waals surface area contributed by atoms with Gasteiger partial charge in [-0.15, -0.1) is 0 Å². The van der Waals surface area contributed by atoms with Crippen LogP contribution < -0.4 is 0 Å². The number of fused-ring (bicyclic) bond motifs is 6. The second-order valence-corrected chi connectivity index (χ2v) is 14.4. The molecular weight excluding hydrogens is 681 g/mol. The van der Waals surface area contributed by atoms with Gasteiger partial charge in [-0.2, -0.15) is 9.97 Å². The standard InChI is InChI=1S/C52H34N4/c1-3-17-35(18-4-1)37-21-15-23-39(33-37)49-53-50(55-51(54-49)56-47-31-13-9-27-43(47)44-28-10-14-32-48(44)56)52(40-24-16-22-38(34-40)36-19-5-2-6-20-36)45-29-11-7-25-41(45)42-26-8-12-30-46(42)52/h1-34H. The summed E-state index contributed by atoms with van der Waals surface area (Å²) in [5.74, 6) is 1.87. The lowest BCUT2D eigenvalue weighted by molar-refractivity contribution is 0.683. The van der Waals surface area contributed by atoms with Crippen LogP contribution in [0.5, 0.6) is 0 Å². The average Bonchev–Trinajstić information content (AvgIpc) is 3.78. The second kappa shape index (κ2) is 12.9. The molecular formula is C52H34N4. The Morgan fingerprint density at radius 1 is 0.357 bits per heavy atom. The topological polar surface area (TPSA) is 43.6 Å². The molecule has 4 heteroatoms. The molecule has 56 heavy (non-hydrogen) atoms. The fourth-order valence-electron chi connectivity index (χ4n) is 8.85. The zero-order valence-corrected chi connectivity index (χ0v) is 30.4. The molecule has 2 heterocycles. The van der Waals surface area contributed by atoms with Gasteiger partial charge < -0.3 is 0 Å². The van der Waals surface area contributed by atoms with Gasteiger partial charge in [0.05, 0.1) is 11.0 Å². The fourth-order valence-corrected chi connectivity index (χ4v) is 8.85. The highest BCUT2D eigenvalue weighted by molar-refractivity contribution is 6.09. The van der Waals surface area contributed by atoms with Crippen molar-refractivity contribution in [1.29, 1.82) is 0 Å². The minimum absolute atomic E-state index is 0.577. The van der Waals surface area contributed by atoms with Crippen molar-refractivity contribution < 1.29 is 0 Å². The van der Waals surface area contributed by atoms with Crippen LogP contribution >= 0.6 is 0 Å². The molecule has 0 N–H and O–H groups in total. The Kier molecular flexibility index (Phi) is 7.36. The van der Waals surface area contributed by atoms with Gasteiger partial charge in [0.25, 0.3) is 0 Å². The van der Waals surface area contributed by atoms with Gasteiger partial charge >= 0.3 is 0 Å². The van der Waals surface area contributed by atoms with Crippen LogP contribution in [0.3, 0.4) is 0 Å². The molecule has 0 saturated heterocycles. The normalized spacial score (nSPS) is 12.8. The van der Waals surface area contributed by atoms with Gasteiger partial charge in [-0.25, -0.2) is 4.98 Å². The zero-order valence-electron chi connectivity index (χ0n) is 30.4. The van der Waals surface area contributed by atoms with Crippen molar-refractivity contribution >= 4 is 21.8 Å². The summed E-state index contributed by atoms with van der Waals surface area (Å²) in [6, 6.07) is 73.1. The lowest BCUT2D eigenvalue weighted by Crippen LogP contribution is -2.32. The minimum Gasteiger partial charge on any atom is -0.278 e. The maximum Gasteiger partial charge on any atom is 0.238 e. The molecule has 262 valence electrons. The first-order chi connectivity index (χ1) is 27.8. The van der Waals surface area contributed by atoms with E-state index in [1.54, 1.807) is 0 Å². The summed E-state index contributed by atoms with van der Waals surface area (Å²) in [4.78, 5) is 16.7. The first-order valence-electron chi connectivity index (χ1n) is 19.0. The number of aromatic nitrogens is 4. The number of benzene rings is 8. The summed E-state index contributed by atoms with van der Waals surface area (Å²) >= 11 is 0. The lowest BCUT2D eigenvalue weighted by atomic mass is 9.71. The summed E-state index contributed by atoms with van der Waals surface area (Å²) < 4.78 is 2.21. The molecule has 2 aromatic heterocycles. The smallest absolute Gasteiger partial charge is 0.238 e. The highest BCUT2D eigenvalue weighted by atomic mass is 15.2. The van der Waals surface area contributed by atoms with Crippen LogP contribution in [-0.2, 0) is 5.41 Å². The van der Waals surface area contributed by atoms with Crippen LogP contribution in [0.15, 0.2) is 206 Å². The van der Waals surface area contributed by atoms with Gasteiger partial charge in [0.2, 0.25) is 5.95 Å². The van der Waals surface area contributed by atoms with Gasteiger partial charge in [0.15, 0.2) is 11.6 Å². The van der Waals surface area contributed by atoms with E-state index in [2.05, 4.69) is 205 Å². The number of para-hydroxylation sites is 2. The number of nitrogens with zero attached hydrogens (tertiary/aromatic N) is 4. The Labute approximate surface area is 325 Å². The SMILES string of the molecule is c1ccc(-c2cccc(-c3nc(-n4c5ccccc5c5ccccc54)nc(C4(c5cccc(-c6ccccc6)c5)c5ccccc5-c5ccccc54)n3)c2)cc1. The van der Waals surface area contributed by atoms with Crippen LogP contribution in [0.2, 0.25) is 0 Å². The third kappa shape index (κ3) is 4.89. The average molecular weight is 715 g/mol. The quantitative estimate of drug-likeness (QED) is 0.172. The van der Waals surface area contributed by atoms with Gasteiger partial charge in [0, 0.05) is 16.3 Å². The predicted octanol–water partition coefficient (Wildman–Crippen LogP) is 12.3. The maximum absolute atomic E-state index is 5.65. The molecule has 8 aromatic carbocycles. The molecule has 0 aliphatic heterocycles. The molecule has 0 amide bonds. The van der Waals surface area contributed by atoms with Crippen molar-refractivity contribution in [3.8, 4) is 50.7 Å². The van der Waals surface area contributed by atoms with Crippen LogP contribution in [0.4, 0.5) is 0 Å². The van der Waals surface area contributed by atoms with Crippen molar-refractivity contribution in [3.05, 3.63) is 229 Å². The molecule has 11 rings (SSSR count). The second-order valence-electron chi connectivity index (χ2n) is 14.4. The van der Waals surface area contributed by atoms with E-state index in [1.165, 1.54) is 11.1 Å². The molecule has 0 saturated carbocycles. The van der Waals surface area contributed by atoms with E-state index in [9.17, 15) is 0 Å². The van der Waals surface area contributed by atoms with Gasteiger partial charge in [0.1, 0.15) is 5.41 Å². The first kappa shape index (κ1) is 32.0. The molecule has 0 unspecified atom stereocenters. The van der Waals surface area contributed by atoms with E-state index in [4.69, 9.17) is 15.0 Å². The molecule has 1 aliphatic rings. The van der Waals surface area contributed by atoms with Gasteiger partial charge in [-0.1, -0.05) is 182 Å². The highest BCUT2D eigenvalue weighted by Gasteiger charge is 2.49. The Bertz CT molecular complexity index is 2990. The third-order valence-electron chi connectivity index (χ3n) is 11.3. The predicted molar refractivity (Wildman–Crippen MR) is 228 cm³/mol. The van der Waals surface area contributed by atoms with Crippen molar-refractivity contribution in [2.75, 3.05) is 0 Å². The molecule has 0 bridgehead atoms. The monoisotopic (exact) mass is 714 g/mol. The third-order valence-corrected chi connectivity index (χ3v) is 11.3. The Morgan fingerprint density at radius 2 is 0.839 bits per heavy atom. The molecule has 10 aromatic rings. The van der Waals surface area contributed by atoms with Crippen molar-refractivity contribution in [3.63, 3.8) is 0 Å². The molecule has 0 atom stereocenters. The Hall–Kier alpha value is -7.43. The van der Waals surface area contributed by atoms with Crippen LogP contribution in [0, 0.1) is 0 Å². The number of hydrogen-bond donors (Lipinski definition) is 0. The summed E-state index contributed by atoms with van der Waals surface area (Å²) in [5, 5.41) is 2.30. The Morgan fingerprint density at radius 3 is 1.46 bits per heavy atom. The van der Waals surface area contributed by atoms with Crippen LogP contribution in [0.1, 0.15) is 22.5 Å². The summed E-state index contributed by atoms with van der Waals surface area (Å²) in [6.07, 6.45) is 0. The zero-order chi connectivity index (χ0) is 37.1. The number of rotatable bonds is 6. The van der Waals surface area contributed by atoms with Crippen LogP contribution in [-0.4, -0.2) is 19.5 Å². The van der Waals surface area contributed by atoms with E-state index < -0.39 is 5.41 Å². The van der Waals surface area contributed by atoms with Crippen molar-refractivity contribution in [2.24, 2.45) is 0 Å². The van der Waals surface area contributed by atoms with Gasteiger partial charge in [-0.05, 0) is 74.3 Å². The van der Waals surface area contributed by atoms with Crippen LogP contribution in [0.25, 0.3) is 72.5 Å². The van der Waals surface area contributed by atoms with E-state index in [1.807, 2.05) is 6.07 Å². The van der Waals surface area contributed by atoms with E-state index >= 15 is 0 Å². The van der Waals surface area contributed by atoms with Crippen molar-refractivity contribution in [2.45, 2.75) is 5.41 Å². The molecule has 1 aliphatic carbocycles. The lowest BCUT2D eigenvalue weighted by Gasteiger charge is -2.32. The molecule has 0 fully saturated rings. The van der Waals surface area contributed by atoms with E-state index in [0.29, 0.717) is 17.6 Å². The first-order valence-corrected chi connectivity index (χ1v) is 19.0. The van der Waals surface area contributed by atoms with Crippen molar-refractivity contribution in [1.82, 2.24) is 19.5 Å². The number of hydrogen-bond acceptors (Lipinski definition) is 3. The Balaban J connectivity index is 1.27. The summed E-state index contributed by atoms with van der Waals surface area (Å²) in [5.41, 5.74) is 12.4. The minimum atomic E-state index is -0.861. The van der Waals surface area contributed by atoms with E-state index in [0.717, 1.165) is 66.3 Å². The molecule has 4 nitrogen and oxygen atoms in total. The fraction of sp³-hybridized carbons (Fsp3) is 0.0192. The molecule has 0 radical (unpaired) electrons. The summed E-state index contributed by atoms with van der Waals surface area (Å²) in [7, 11) is 0. The van der Waals surface area contributed by atoms with E-state index in [-0.39, 0.29) is 0 Å². The largest absolute Gasteiger partial charge is 0.278 e. The van der Waals surface area contributed by atoms with Gasteiger partial charge in [-0.3, -0.25) is 4.57 Å². The summed E-state index contributed by atoms with van der Waals surface area (Å²) in [6.45, 7) is 0. The maximum atomic E-state index is 5.65. The highest BCUT2D eigenvalue weighted by Crippen LogP contribution is 2.55.